The van der Waals surface area contributed by atoms with Crippen molar-refractivity contribution >= 4 is 21.8 Å². The Morgan fingerprint density at radius 2 is 1.90 bits per heavy atom. The molecule has 2 rings (SSSR count). The van der Waals surface area contributed by atoms with Crippen LogP contribution < -0.4 is 10.1 Å². The second-order valence-electron chi connectivity index (χ2n) is 5.36. The van der Waals surface area contributed by atoms with Crippen LogP contribution >= 0.6 is 15.9 Å². The van der Waals surface area contributed by atoms with Crippen molar-refractivity contribution in [3.63, 3.8) is 0 Å². The van der Waals surface area contributed by atoms with Crippen LogP contribution in [0.3, 0.4) is 0 Å². The van der Waals surface area contributed by atoms with Gasteiger partial charge >= 0.3 is 0 Å². The van der Waals surface area contributed by atoms with Crippen LogP contribution in [0.1, 0.15) is 44.9 Å². The summed E-state index contributed by atoms with van der Waals surface area (Å²) in [5, 5.41) is 3.10. The summed E-state index contributed by atoms with van der Waals surface area (Å²) in [6.07, 6.45) is 8.56. The molecular weight excluding hydrogens is 318 g/mol. The molecule has 0 aromatic heterocycles. The molecule has 0 unspecified atom stereocenters. The van der Waals surface area contributed by atoms with E-state index in [0.717, 1.165) is 17.3 Å². The Kier molecular flexibility index (Phi) is 6.37. The van der Waals surface area contributed by atoms with Gasteiger partial charge in [0.05, 0.1) is 0 Å². The SMILES string of the molecule is O=C(COc1cccc(Br)c1)NC1CCCCCCC1. The number of hydrogen-bond donors (Lipinski definition) is 1. The van der Waals surface area contributed by atoms with Crippen LogP contribution in [0, 0.1) is 0 Å². The Bertz CT molecular complexity index is 428. The summed E-state index contributed by atoms with van der Waals surface area (Å²) in [6.45, 7) is 0.0902. The smallest absolute Gasteiger partial charge is 0.258 e. The minimum absolute atomic E-state index is 0.0180. The lowest BCUT2D eigenvalue weighted by Crippen LogP contribution is -2.38. The minimum atomic E-state index is -0.0180. The summed E-state index contributed by atoms with van der Waals surface area (Å²) in [5.74, 6) is 0.697. The first-order valence-electron chi connectivity index (χ1n) is 7.42. The summed E-state index contributed by atoms with van der Waals surface area (Å²) in [5.41, 5.74) is 0. The highest BCUT2D eigenvalue weighted by atomic mass is 79.9. The molecule has 0 heterocycles. The molecule has 1 fully saturated rings. The Morgan fingerprint density at radius 1 is 1.20 bits per heavy atom. The van der Waals surface area contributed by atoms with Gasteiger partial charge in [-0.15, -0.1) is 0 Å². The van der Waals surface area contributed by atoms with Crippen molar-refractivity contribution in [1.82, 2.24) is 5.32 Å². The summed E-state index contributed by atoms with van der Waals surface area (Å²) in [4.78, 5) is 11.9. The third kappa shape index (κ3) is 5.53. The van der Waals surface area contributed by atoms with Crippen LogP contribution in [-0.4, -0.2) is 18.6 Å². The Morgan fingerprint density at radius 3 is 2.60 bits per heavy atom. The van der Waals surface area contributed by atoms with Gasteiger partial charge in [-0.25, -0.2) is 0 Å². The third-order valence-corrected chi connectivity index (χ3v) is 4.13. The van der Waals surface area contributed by atoms with E-state index in [1.807, 2.05) is 24.3 Å². The molecule has 1 saturated carbocycles. The first-order valence-corrected chi connectivity index (χ1v) is 8.21. The summed E-state index contributed by atoms with van der Waals surface area (Å²) < 4.78 is 6.46. The molecule has 1 N–H and O–H groups in total. The van der Waals surface area contributed by atoms with Gasteiger partial charge in [0.2, 0.25) is 0 Å². The quantitative estimate of drug-likeness (QED) is 0.898. The van der Waals surface area contributed by atoms with E-state index >= 15 is 0 Å². The molecule has 1 amide bonds. The van der Waals surface area contributed by atoms with Gasteiger partial charge in [0.25, 0.3) is 5.91 Å². The number of carbonyl (C=O) groups excluding carboxylic acids is 1. The lowest BCUT2D eigenvalue weighted by molar-refractivity contribution is -0.123. The first-order chi connectivity index (χ1) is 9.74. The Hall–Kier alpha value is -1.03. The van der Waals surface area contributed by atoms with Gasteiger partial charge in [0.1, 0.15) is 5.75 Å². The zero-order valence-electron chi connectivity index (χ0n) is 11.7. The van der Waals surface area contributed by atoms with E-state index in [0.29, 0.717) is 11.8 Å². The molecule has 20 heavy (non-hydrogen) atoms. The van der Waals surface area contributed by atoms with Crippen LogP contribution in [-0.2, 0) is 4.79 Å². The lowest BCUT2D eigenvalue weighted by Gasteiger charge is -2.21. The van der Waals surface area contributed by atoms with E-state index < -0.39 is 0 Å². The molecule has 0 atom stereocenters. The molecule has 0 spiro atoms. The van der Waals surface area contributed by atoms with Gasteiger partial charge in [-0.2, -0.15) is 0 Å². The van der Waals surface area contributed by atoms with E-state index in [1.54, 1.807) is 0 Å². The zero-order chi connectivity index (χ0) is 14.2. The van der Waals surface area contributed by atoms with Crippen molar-refractivity contribution in [2.45, 2.75) is 51.0 Å². The Balaban J connectivity index is 1.74. The normalized spacial score (nSPS) is 17.1. The van der Waals surface area contributed by atoms with Crippen molar-refractivity contribution < 1.29 is 9.53 Å². The molecule has 4 heteroatoms. The number of nitrogens with one attached hydrogen (secondary N) is 1. The highest BCUT2D eigenvalue weighted by Crippen LogP contribution is 2.18. The standard InChI is InChI=1S/C16H22BrNO2/c17-13-7-6-10-15(11-13)20-12-16(19)18-14-8-4-2-1-3-5-9-14/h6-7,10-11,14H,1-5,8-9,12H2,(H,18,19). The summed E-state index contributed by atoms with van der Waals surface area (Å²) in [6, 6.07) is 7.87. The van der Waals surface area contributed by atoms with Crippen LogP contribution in [0.15, 0.2) is 28.7 Å². The predicted molar refractivity (Wildman–Crippen MR) is 83.9 cm³/mol. The molecular formula is C16H22BrNO2. The maximum absolute atomic E-state index is 11.9. The van der Waals surface area contributed by atoms with Gasteiger partial charge in [-0.3, -0.25) is 4.79 Å². The van der Waals surface area contributed by atoms with E-state index in [4.69, 9.17) is 4.74 Å². The number of benzene rings is 1. The molecule has 1 aliphatic carbocycles. The van der Waals surface area contributed by atoms with Gasteiger partial charge in [0, 0.05) is 10.5 Å². The van der Waals surface area contributed by atoms with Crippen LogP contribution in [0.25, 0.3) is 0 Å². The maximum Gasteiger partial charge on any atom is 0.258 e. The molecule has 3 nitrogen and oxygen atoms in total. The molecule has 110 valence electrons. The third-order valence-electron chi connectivity index (χ3n) is 3.64. The van der Waals surface area contributed by atoms with Crippen molar-refractivity contribution in [3.05, 3.63) is 28.7 Å². The topological polar surface area (TPSA) is 38.3 Å². The van der Waals surface area contributed by atoms with Crippen molar-refractivity contribution in [2.75, 3.05) is 6.61 Å². The fourth-order valence-electron chi connectivity index (χ4n) is 2.58. The van der Waals surface area contributed by atoms with Crippen LogP contribution in [0.2, 0.25) is 0 Å². The van der Waals surface area contributed by atoms with E-state index in [-0.39, 0.29) is 12.5 Å². The zero-order valence-corrected chi connectivity index (χ0v) is 13.3. The Labute approximate surface area is 129 Å². The summed E-state index contributed by atoms with van der Waals surface area (Å²) >= 11 is 3.38. The molecule has 0 saturated heterocycles. The number of rotatable bonds is 4. The molecule has 1 aromatic rings. The fraction of sp³-hybridized carbons (Fsp3) is 0.562. The average Bonchev–Trinajstić information content (AvgIpc) is 2.39. The molecule has 0 aliphatic heterocycles. The first kappa shape index (κ1) is 15.4. The van der Waals surface area contributed by atoms with Crippen molar-refractivity contribution in [3.8, 4) is 5.75 Å². The van der Waals surface area contributed by atoms with Gasteiger partial charge in [0.15, 0.2) is 6.61 Å². The fourth-order valence-corrected chi connectivity index (χ4v) is 2.95. The van der Waals surface area contributed by atoms with E-state index in [9.17, 15) is 4.79 Å². The van der Waals surface area contributed by atoms with Gasteiger partial charge in [-0.05, 0) is 31.0 Å². The minimum Gasteiger partial charge on any atom is -0.484 e. The second kappa shape index (κ2) is 8.30. The molecule has 0 bridgehead atoms. The number of amides is 1. The number of carbonyl (C=O) groups is 1. The number of halogens is 1. The highest BCUT2D eigenvalue weighted by Gasteiger charge is 2.14. The largest absolute Gasteiger partial charge is 0.484 e. The molecule has 1 aliphatic rings. The highest BCUT2D eigenvalue weighted by molar-refractivity contribution is 9.10. The van der Waals surface area contributed by atoms with Gasteiger partial charge < -0.3 is 10.1 Å². The molecule has 1 aromatic carbocycles. The molecule has 0 radical (unpaired) electrons. The predicted octanol–water partition coefficient (Wildman–Crippen LogP) is 4.06. The van der Waals surface area contributed by atoms with Gasteiger partial charge in [-0.1, -0.05) is 54.1 Å². The summed E-state index contributed by atoms with van der Waals surface area (Å²) in [7, 11) is 0. The average molecular weight is 340 g/mol. The van der Waals surface area contributed by atoms with Crippen molar-refractivity contribution in [1.29, 1.82) is 0 Å². The number of hydrogen-bond acceptors (Lipinski definition) is 2. The van der Waals surface area contributed by atoms with Crippen LogP contribution in [0.4, 0.5) is 0 Å². The van der Waals surface area contributed by atoms with Crippen LogP contribution in [0.5, 0.6) is 5.75 Å². The van der Waals surface area contributed by atoms with E-state index in [1.165, 1.54) is 32.1 Å². The van der Waals surface area contributed by atoms with E-state index in [2.05, 4.69) is 21.2 Å². The maximum atomic E-state index is 11.9. The second-order valence-corrected chi connectivity index (χ2v) is 6.27. The monoisotopic (exact) mass is 339 g/mol. The number of ether oxygens (including phenoxy) is 1. The van der Waals surface area contributed by atoms with Crippen molar-refractivity contribution in [2.24, 2.45) is 0 Å². The lowest BCUT2D eigenvalue weighted by atomic mass is 9.97.